The second-order valence-electron chi connectivity index (χ2n) is 4.47. The van der Waals surface area contributed by atoms with E-state index in [1.165, 1.54) is 11.9 Å². The molecule has 0 heterocycles. The fraction of sp³-hybridized carbons (Fsp3) is 0.308. The molecule has 5 nitrogen and oxygen atoms in total. The minimum absolute atomic E-state index is 0.377. The number of halogens is 2. The lowest BCUT2D eigenvalue weighted by atomic mass is 10.1. The summed E-state index contributed by atoms with van der Waals surface area (Å²) in [6.07, 6.45) is 3.07. The van der Waals surface area contributed by atoms with E-state index in [1.54, 1.807) is 6.08 Å². The van der Waals surface area contributed by atoms with E-state index in [9.17, 15) is 17.6 Å². The molecule has 0 aliphatic heterocycles. The van der Waals surface area contributed by atoms with Crippen molar-refractivity contribution in [1.82, 2.24) is 4.90 Å². The van der Waals surface area contributed by atoms with Crippen molar-refractivity contribution >= 4 is 27.5 Å². The lowest BCUT2D eigenvalue weighted by molar-refractivity contribution is 0.0789. The van der Waals surface area contributed by atoms with Crippen LogP contribution in [0.3, 0.4) is 0 Å². The third-order valence-corrected chi connectivity index (χ3v) is 3.98. The summed E-state index contributed by atoms with van der Waals surface area (Å²) in [6.45, 7) is 3.94. The van der Waals surface area contributed by atoms with Crippen molar-refractivity contribution in [2.75, 3.05) is 13.6 Å². The number of hydrogen-bond donors (Lipinski definition) is 1. The lowest BCUT2D eigenvalue weighted by Gasteiger charge is -2.18. The van der Waals surface area contributed by atoms with Gasteiger partial charge in [-0.3, -0.25) is 4.79 Å². The maximum atomic E-state index is 13.9. The van der Waals surface area contributed by atoms with Crippen LogP contribution in [0.25, 0.3) is 0 Å². The van der Waals surface area contributed by atoms with E-state index < -0.39 is 37.2 Å². The molecule has 21 heavy (non-hydrogen) atoms. The predicted octanol–water partition coefficient (Wildman–Crippen LogP) is 2.16. The van der Waals surface area contributed by atoms with Crippen LogP contribution in [0.1, 0.15) is 23.2 Å². The van der Waals surface area contributed by atoms with Gasteiger partial charge in [0, 0.05) is 13.6 Å². The third-order valence-electron chi connectivity index (χ3n) is 2.81. The van der Waals surface area contributed by atoms with Crippen LogP contribution in [-0.2, 0) is 10.0 Å². The summed E-state index contributed by atoms with van der Waals surface area (Å²) in [5.74, 6) is -1.63. The Balaban J connectivity index is 3.14. The quantitative estimate of drug-likeness (QED) is 0.639. The molecule has 1 amide bonds. The average Bonchev–Trinajstić information content (AvgIpc) is 2.39. The minimum Gasteiger partial charge on any atom is -0.342 e. The summed E-state index contributed by atoms with van der Waals surface area (Å²) in [5.41, 5.74) is -0.423. The van der Waals surface area contributed by atoms with Crippen molar-refractivity contribution in [3.8, 4) is 0 Å². The predicted molar refractivity (Wildman–Crippen MR) is 79.2 cm³/mol. The van der Waals surface area contributed by atoms with Gasteiger partial charge in [0.1, 0.15) is 0 Å². The van der Waals surface area contributed by atoms with Crippen molar-refractivity contribution < 1.29 is 17.6 Å². The topological polar surface area (TPSA) is 80.5 Å². The number of hydrogen-bond acceptors (Lipinski definition) is 3. The van der Waals surface area contributed by atoms with E-state index >= 15 is 0 Å². The van der Waals surface area contributed by atoms with Gasteiger partial charge in [-0.05, 0) is 25.0 Å². The Kier molecular flexibility index (Phi) is 5.88. The van der Waals surface area contributed by atoms with Crippen LogP contribution < -0.4 is 5.14 Å². The lowest BCUT2D eigenvalue weighted by Crippen LogP contribution is -2.29. The summed E-state index contributed by atoms with van der Waals surface area (Å²) in [5, 5.41) is 4.51. The van der Waals surface area contributed by atoms with E-state index in [-0.39, 0.29) is 0 Å². The number of carbonyl (C=O) groups is 1. The number of sulfonamides is 1. The van der Waals surface area contributed by atoms with E-state index in [0.717, 1.165) is 12.1 Å². The molecule has 0 fully saturated rings. The number of allylic oxidation sites excluding steroid dienone is 1. The molecule has 0 atom stereocenters. The first kappa shape index (κ1) is 17.6. The molecule has 0 saturated heterocycles. The number of benzene rings is 1. The van der Waals surface area contributed by atoms with Gasteiger partial charge in [0.15, 0.2) is 5.82 Å². The summed E-state index contributed by atoms with van der Waals surface area (Å²) in [6, 6.07) is 1.77. The maximum absolute atomic E-state index is 13.9. The van der Waals surface area contributed by atoms with Crippen LogP contribution in [-0.4, -0.2) is 32.8 Å². The second-order valence-corrected chi connectivity index (χ2v) is 6.44. The number of nitrogens with two attached hydrogens (primary N) is 1. The van der Waals surface area contributed by atoms with Gasteiger partial charge >= 0.3 is 0 Å². The van der Waals surface area contributed by atoms with Gasteiger partial charge in [-0.1, -0.05) is 17.7 Å². The Labute approximate surface area is 128 Å². The van der Waals surface area contributed by atoms with Crippen LogP contribution >= 0.6 is 11.6 Å². The summed E-state index contributed by atoms with van der Waals surface area (Å²) < 4.78 is 36.6. The second kappa shape index (κ2) is 7.02. The Morgan fingerprint density at radius 3 is 2.67 bits per heavy atom. The molecule has 1 rings (SSSR count). The molecule has 0 bridgehead atoms. The molecule has 0 aliphatic rings. The van der Waals surface area contributed by atoms with Gasteiger partial charge in [0.05, 0.1) is 15.5 Å². The van der Waals surface area contributed by atoms with Gasteiger partial charge in [-0.2, -0.15) is 0 Å². The number of rotatable bonds is 6. The van der Waals surface area contributed by atoms with Crippen molar-refractivity contribution in [2.45, 2.75) is 17.7 Å². The molecule has 0 spiro atoms. The number of primary sulfonamides is 1. The van der Waals surface area contributed by atoms with E-state index in [0.29, 0.717) is 19.4 Å². The summed E-state index contributed by atoms with van der Waals surface area (Å²) in [4.78, 5) is 13.0. The molecule has 0 unspecified atom stereocenters. The molecular weight excluding hydrogens is 319 g/mol. The number of nitrogens with zero attached hydrogens (tertiary/aromatic N) is 1. The first-order valence-electron chi connectivity index (χ1n) is 6.06. The molecule has 8 heteroatoms. The van der Waals surface area contributed by atoms with Gasteiger partial charge in [0.2, 0.25) is 10.0 Å². The fourth-order valence-electron chi connectivity index (χ4n) is 1.66. The normalized spacial score (nSPS) is 11.2. The standard InChI is InChI=1S/C13H16ClFN2O3S/c1-3-4-5-6-17(2)13(18)10-7-9(21(16,19)20)8-11(14)12(10)15/h3,7-8H,1,4-6H2,2H3,(H2,16,19,20). The van der Waals surface area contributed by atoms with Crippen molar-refractivity contribution in [1.29, 1.82) is 0 Å². The number of unbranched alkanes of at least 4 members (excludes halogenated alkanes) is 1. The Morgan fingerprint density at radius 2 is 2.14 bits per heavy atom. The highest BCUT2D eigenvalue weighted by atomic mass is 35.5. The highest BCUT2D eigenvalue weighted by molar-refractivity contribution is 7.89. The molecule has 0 aliphatic carbocycles. The highest BCUT2D eigenvalue weighted by Gasteiger charge is 2.22. The van der Waals surface area contributed by atoms with Crippen molar-refractivity contribution in [2.24, 2.45) is 5.14 Å². The molecule has 0 aromatic heterocycles. The van der Waals surface area contributed by atoms with Gasteiger partial charge in [0.25, 0.3) is 5.91 Å². The van der Waals surface area contributed by atoms with Crippen LogP contribution in [0.15, 0.2) is 29.7 Å². The minimum atomic E-state index is -4.08. The molecule has 1 aromatic rings. The molecule has 116 valence electrons. The molecule has 0 saturated carbocycles. The fourth-order valence-corrected chi connectivity index (χ4v) is 2.51. The van der Waals surface area contributed by atoms with E-state index in [4.69, 9.17) is 16.7 Å². The van der Waals surface area contributed by atoms with E-state index in [1.807, 2.05) is 0 Å². The van der Waals surface area contributed by atoms with Crippen LogP contribution in [0.4, 0.5) is 4.39 Å². The number of amides is 1. The molecule has 2 N–H and O–H groups in total. The molecule has 1 aromatic carbocycles. The largest absolute Gasteiger partial charge is 0.342 e. The smallest absolute Gasteiger partial charge is 0.256 e. The number of carbonyl (C=O) groups excluding carboxylic acids is 1. The van der Waals surface area contributed by atoms with Gasteiger partial charge in [-0.15, -0.1) is 6.58 Å². The summed E-state index contributed by atoms with van der Waals surface area (Å²) >= 11 is 5.62. The van der Waals surface area contributed by atoms with Crippen molar-refractivity contribution in [3.05, 3.63) is 41.2 Å². The molecule has 0 radical (unpaired) electrons. The Morgan fingerprint density at radius 1 is 1.52 bits per heavy atom. The van der Waals surface area contributed by atoms with Crippen LogP contribution in [0, 0.1) is 5.82 Å². The molecular formula is C13H16ClFN2O3S. The van der Waals surface area contributed by atoms with Crippen LogP contribution in [0.5, 0.6) is 0 Å². The highest BCUT2D eigenvalue weighted by Crippen LogP contribution is 2.24. The van der Waals surface area contributed by atoms with E-state index in [2.05, 4.69) is 6.58 Å². The average molecular weight is 335 g/mol. The SMILES string of the molecule is C=CCCCN(C)C(=O)c1cc(S(N)(=O)=O)cc(Cl)c1F. The maximum Gasteiger partial charge on any atom is 0.256 e. The zero-order valence-corrected chi connectivity index (χ0v) is 13.0. The van der Waals surface area contributed by atoms with Gasteiger partial charge < -0.3 is 4.90 Å². The van der Waals surface area contributed by atoms with Crippen molar-refractivity contribution in [3.63, 3.8) is 0 Å². The zero-order valence-electron chi connectivity index (χ0n) is 11.5. The van der Waals surface area contributed by atoms with Crippen LogP contribution in [0.2, 0.25) is 5.02 Å². The zero-order chi connectivity index (χ0) is 16.2. The Bertz CT molecular complexity index is 662. The summed E-state index contributed by atoms with van der Waals surface area (Å²) in [7, 11) is -2.59. The first-order valence-corrected chi connectivity index (χ1v) is 7.99. The Hall–Kier alpha value is -1.44. The van der Waals surface area contributed by atoms with Gasteiger partial charge in [-0.25, -0.2) is 17.9 Å². The third kappa shape index (κ3) is 4.52. The monoisotopic (exact) mass is 334 g/mol. The first-order chi connectivity index (χ1) is 9.68.